The van der Waals surface area contributed by atoms with E-state index in [0.717, 1.165) is 11.3 Å². The number of ether oxygens (including phenoxy) is 2. The van der Waals surface area contributed by atoms with Gasteiger partial charge in [0.05, 0.1) is 18.4 Å². The molecule has 0 aliphatic heterocycles. The number of nitrogens with two attached hydrogens (primary N) is 1. The van der Waals surface area contributed by atoms with Crippen molar-refractivity contribution in [3.05, 3.63) is 54.6 Å². The van der Waals surface area contributed by atoms with Crippen LogP contribution in [-0.4, -0.2) is 28.1 Å². The van der Waals surface area contributed by atoms with Crippen LogP contribution >= 0.6 is 0 Å². The van der Waals surface area contributed by atoms with E-state index in [1.165, 1.54) is 12.5 Å². The van der Waals surface area contributed by atoms with Crippen LogP contribution in [0.25, 0.3) is 17.4 Å². The Kier molecular flexibility index (Phi) is 6.59. The lowest BCUT2D eigenvalue weighted by atomic mass is 10.1. The molecule has 0 aliphatic carbocycles. The van der Waals surface area contributed by atoms with Crippen molar-refractivity contribution >= 4 is 29.2 Å². The summed E-state index contributed by atoms with van der Waals surface area (Å²) >= 11 is 0. The maximum absolute atomic E-state index is 12.0. The number of rotatable bonds is 7. The number of hydrogen-bond acceptors (Lipinski definition) is 8. The third kappa shape index (κ3) is 6.08. The first-order valence-electron chi connectivity index (χ1n) is 9.85. The molecule has 0 aliphatic rings. The van der Waals surface area contributed by atoms with Crippen molar-refractivity contribution < 1.29 is 18.7 Å². The van der Waals surface area contributed by atoms with Crippen LogP contribution in [0.3, 0.4) is 0 Å². The Hall–Kier alpha value is -3.81. The van der Waals surface area contributed by atoms with Crippen molar-refractivity contribution in [1.29, 1.82) is 0 Å². The molecule has 3 N–H and O–H groups in total. The van der Waals surface area contributed by atoms with Crippen LogP contribution < -0.4 is 15.8 Å². The van der Waals surface area contributed by atoms with E-state index in [2.05, 4.69) is 15.3 Å². The summed E-state index contributed by atoms with van der Waals surface area (Å²) in [6, 6.07) is 9.29. The van der Waals surface area contributed by atoms with E-state index in [0.29, 0.717) is 35.3 Å². The van der Waals surface area contributed by atoms with E-state index in [9.17, 15) is 4.79 Å². The molecule has 0 spiro atoms. The van der Waals surface area contributed by atoms with Crippen LogP contribution in [0, 0.1) is 0 Å². The Balaban J connectivity index is 1.80. The van der Waals surface area contributed by atoms with Crippen molar-refractivity contribution in [3.8, 4) is 17.2 Å². The molecule has 3 rings (SSSR count). The Bertz CT molecular complexity index is 1050. The molecule has 31 heavy (non-hydrogen) atoms. The van der Waals surface area contributed by atoms with Crippen molar-refractivity contribution in [3.63, 3.8) is 0 Å². The summed E-state index contributed by atoms with van der Waals surface area (Å²) in [6.45, 7) is 7.66. The Labute approximate surface area is 181 Å². The van der Waals surface area contributed by atoms with Gasteiger partial charge < -0.3 is 24.9 Å². The fourth-order valence-electron chi connectivity index (χ4n) is 2.74. The quantitative estimate of drug-likeness (QED) is 0.412. The summed E-state index contributed by atoms with van der Waals surface area (Å²) in [7, 11) is 0. The van der Waals surface area contributed by atoms with Crippen molar-refractivity contribution in [1.82, 2.24) is 9.97 Å². The molecule has 0 atom stereocenters. The average molecular weight is 422 g/mol. The molecule has 3 aromatic rings. The van der Waals surface area contributed by atoms with Gasteiger partial charge in [-0.05, 0) is 58.0 Å². The van der Waals surface area contributed by atoms with Gasteiger partial charge in [0, 0.05) is 29.1 Å². The van der Waals surface area contributed by atoms with Crippen LogP contribution in [-0.2, 0) is 9.53 Å². The van der Waals surface area contributed by atoms with Gasteiger partial charge in [-0.25, -0.2) is 9.78 Å². The molecule has 0 saturated carbocycles. The number of nitrogens with zero attached hydrogens (tertiary/aromatic N) is 2. The molecular formula is C23H26N4O4. The number of hydrogen-bond donors (Lipinski definition) is 2. The number of oxazole rings is 1. The minimum Gasteiger partial charge on any atom is -0.477 e. The number of anilines is 3. The van der Waals surface area contributed by atoms with Crippen molar-refractivity contribution in [2.45, 2.75) is 33.3 Å². The van der Waals surface area contributed by atoms with Gasteiger partial charge in [-0.1, -0.05) is 0 Å². The highest BCUT2D eigenvalue weighted by molar-refractivity contribution is 5.89. The van der Waals surface area contributed by atoms with Gasteiger partial charge in [0.15, 0.2) is 12.2 Å². The zero-order valence-electron chi connectivity index (χ0n) is 18.0. The maximum Gasteiger partial charge on any atom is 0.331 e. The highest BCUT2D eigenvalue weighted by Gasteiger charge is 2.15. The molecule has 2 aromatic heterocycles. The summed E-state index contributed by atoms with van der Waals surface area (Å²) in [5.41, 5.74) is 8.30. The summed E-state index contributed by atoms with van der Waals surface area (Å²) in [4.78, 5) is 20.4. The third-order valence-electron chi connectivity index (χ3n) is 4.00. The van der Waals surface area contributed by atoms with Gasteiger partial charge in [0.2, 0.25) is 5.88 Å². The van der Waals surface area contributed by atoms with Crippen LogP contribution in [0.2, 0.25) is 0 Å². The lowest BCUT2D eigenvalue weighted by Gasteiger charge is -2.18. The van der Waals surface area contributed by atoms with E-state index in [-0.39, 0.29) is 0 Å². The van der Waals surface area contributed by atoms with E-state index < -0.39 is 11.6 Å². The van der Waals surface area contributed by atoms with E-state index in [1.54, 1.807) is 39.1 Å². The van der Waals surface area contributed by atoms with Gasteiger partial charge in [0.25, 0.3) is 0 Å². The number of benzene rings is 1. The third-order valence-corrected chi connectivity index (χ3v) is 4.00. The molecular weight excluding hydrogens is 396 g/mol. The molecule has 0 amide bonds. The molecule has 0 unspecified atom stereocenters. The number of carbonyl (C=O) groups is 1. The highest BCUT2D eigenvalue weighted by atomic mass is 16.6. The largest absolute Gasteiger partial charge is 0.477 e. The zero-order chi connectivity index (χ0) is 22.4. The molecule has 0 bridgehead atoms. The molecule has 1 aromatic carbocycles. The van der Waals surface area contributed by atoms with Gasteiger partial charge in [0.1, 0.15) is 11.4 Å². The summed E-state index contributed by atoms with van der Waals surface area (Å²) in [5, 5.41) is 3.21. The maximum atomic E-state index is 12.0. The molecule has 8 nitrogen and oxygen atoms in total. The van der Waals surface area contributed by atoms with Gasteiger partial charge in [-0.3, -0.25) is 0 Å². The lowest BCUT2D eigenvalue weighted by molar-refractivity contribution is -0.148. The summed E-state index contributed by atoms with van der Waals surface area (Å²) in [6.07, 6.45) is 5.92. The fourth-order valence-corrected chi connectivity index (χ4v) is 2.74. The average Bonchev–Trinajstić information content (AvgIpc) is 3.21. The van der Waals surface area contributed by atoms with E-state index in [4.69, 9.17) is 19.6 Å². The number of nitrogens with one attached hydrogen (secondary N) is 1. The van der Waals surface area contributed by atoms with Gasteiger partial charge in [-0.2, -0.15) is 4.98 Å². The number of aromatic nitrogens is 2. The second-order valence-corrected chi connectivity index (χ2v) is 7.68. The first kappa shape index (κ1) is 21.9. The second-order valence-electron chi connectivity index (χ2n) is 7.68. The van der Waals surface area contributed by atoms with Crippen LogP contribution in [0.5, 0.6) is 5.88 Å². The molecule has 2 heterocycles. The van der Waals surface area contributed by atoms with Crippen LogP contribution in [0.4, 0.5) is 17.2 Å². The normalized spacial score (nSPS) is 11.5. The predicted octanol–water partition coefficient (Wildman–Crippen LogP) is 4.82. The standard InChI is InChI=1S/C23H26N4O4/c1-5-29-22-17(10-11-21(28)31-23(2,3)4)18(24)12-20(27-22)26-16-8-6-15(7-9-16)19-13-25-14-30-19/h6-14H,5H2,1-4H3,(H3,24,26,27)/b11-10+. The molecule has 8 heteroatoms. The Morgan fingerprint density at radius 3 is 2.61 bits per heavy atom. The first-order valence-corrected chi connectivity index (χ1v) is 9.85. The zero-order valence-corrected chi connectivity index (χ0v) is 18.0. The first-order chi connectivity index (χ1) is 14.7. The molecule has 0 radical (unpaired) electrons. The van der Waals surface area contributed by atoms with Crippen LogP contribution in [0.1, 0.15) is 33.3 Å². The topological polar surface area (TPSA) is 113 Å². The monoisotopic (exact) mass is 422 g/mol. The lowest BCUT2D eigenvalue weighted by Crippen LogP contribution is -2.22. The van der Waals surface area contributed by atoms with Gasteiger partial charge in [-0.15, -0.1) is 0 Å². The summed E-state index contributed by atoms with van der Waals surface area (Å²) in [5.74, 6) is 1.06. The number of nitrogen functional groups attached to an aromatic ring is 1. The van der Waals surface area contributed by atoms with Gasteiger partial charge >= 0.3 is 5.97 Å². The molecule has 0 saturated heterocycles. The van der Waals surface area contributed by atoms with E-state index in [1.807, 2.05) is 31.2 Å². The second kappa shape index (κ2) is 9.34. The fraction of sp³-hybridized carbons (Fsp3) is 0.261. The number of carbonyl (C=O) groups excluding carboxylic acids is 1. The molecule has 162 valence electrons. The minimum atomic E-state index is -0.579. The number of pyridine rings is 1. The van der Waals surface area contributed by atoms with Crippen LogP contribution in [0.15, 0.2) is 53.4 Å². The van der Waals surface area contributed by atoms with E-state index >= 15 is 0 Å². The predicted molar refractivity (Wildman–Crippen MR) is 120 cm³/mol. The Morgan fingerprint density at radius 1 is 1.26 bits per heavy atom. The van der Waals surface area contributed by atoms with Crippen molar-refractivity contribution in [2.24, 2.45) is 0 Å². The van der Waals surface area contributed by atoms with Crippen molar-refractivity contribution in [2.75, 3.05) is 17.7 Å². The smallest absolute Gasteiger partial charge is 0.331 e. The summed E-state index contributed by atoms with van der Waals surface area (Å²) < 4.78 is 16.2. The number of esters is 1. The Morgan fingerprint density at radius 2 is 2.00 bits per heavy atom. The highest BCUT2D eigenvalue weighted by Crippen LogP contribution is 2.30. The molecule has 0 fully saturated rings. The SMILES string of the molecule is CCOc1nc(Nc2ccc(-c3cnco3)cc2)cc(N)c1/C=C/C(=O)OC(C)(C)C. The minimum absolute atomic E-state index is 0.322.